The van der Waals surface area contributed by atoms with Gasteiger partial charge in [0.2, 0.25) is 0 Å². The Labute approximate surface area is 129 Å². The minimum absolute atomic E-state index is 0.127. The lowest BCUT2D eigenvalue weighted by Crippen LogP contribution is -2.34. The van der Waals surface area contributed by atoms with Crippen LogP contribution in [0.2, 0.25) is 0 Å². The Morgan fingerprint density at radius 3 is 2.39 bits per heavy atom. The molecular weight excluding hydrogens is 316 g/mol. The summed E-state index contributed by atoms with van der Waals surface area (Å²) in [6.45, 7) is -0.553. The lowest BCUT2D eigenvalue weighted by atomic mass is 10.2. The summed E-state index contributed by atoms with van der Waals surface area (Å²) in [6, 6.07) is 10.1. The van der Waals surface area contributed by atoms with Crippen LogP contribution in [0.4, 0.5) is 23.2 Å². The van der Waals surface area contributed by atoms with Gasteiger partial charge in [-0.25, -0.2) is 4.39 Å². The van der Waals surface area contributed by atoms with Crippen LogP contribution in [0.3, 0.4) is 0 Å². The number of alkyl halides is 3. The summed E-state index contributed by atoms with van der Waals surface area (Å²) in [7, 11) is 0. The topological polar surface area (TPSA) is 50.4 Å². The number of halogens is 4. The van der Waals surface area contributed by atoms with Crippen molar-refractivity contribution in [3.8, 4) is 5.75 Å². The number of hydrogen-bond acceptors (Lipinski definition) is 3. The molecule has 0 aliphatic carbocycles. The Morgan fingerprint density at radius 1 is 1.04 bits per heavy atom. The molecule has 0 saturated heterocycles. The van der Waals surface area contributed by atoms with Crippen molar-refractivity contribution in [3.05, 3.63) is 59.9 Å². The van der Waals surface area contributed by atoms with Crippen molar-refractivity contribution in [1.82, 2.24) is 5.43 Å². The first kappa shape index (κ1) is 16.6. The molecule has 1 amide bonds. The van der Waals surface area contributed by atoms with Gasteiger partial charge in [-0.15, -0.1) is 0 Å². The van der Waals surface area contributed by atoms with Gasteiger partial charge in [0.15, 0.2) is 18.2 Å². The van der Waals surface area contributed by atoms with Gasteiger partial charge < -0.3 is 4.74 Å². The third-order valence-corrected chi connectivity index (χ3v) is 2.76. The number of amides is 1. The van der Waals surface area contributed by atoms with Gasteiger partial charge in [0.25, 0.3) is 5.91 Å². The van der Waals surface area contributed by atoms with Crippen LogP contribution in [0.25, 0.3) is 0 Å². The molecule has 0 saturated carbocycles. The van der Waals surface area contributed by atoms with Crippen LogP contribution in [0.15, 0.2) is 48.5 Å². The van der Waals surface area contributed by atoms with Crippen LogP contribution in [0.5, 0.6) is 5.75 Å². The maximum Gasteiger partial charge on any atom is 0.418 e. The molecule has 0 aromatic heterocycles. The van der Waals surface area contributed by atoms with E-state index < -0.39 is 30.1 Å². The summed E-state index contributed by atoms with van der Waals surface area (Å²) in [5.41, 5.74) is 3.01. The van der Waals surface area contributed by atoms with Gasteiger partial charge in [-0.1, -0.05) is 24.3 Å². The fourth-order valence-electron chi connectivity index (χ4n) is 1.72. The average molecular weight is 328 g/mol. The van der Waals surface area contributed by atoms with Crippen molar-refractivity contribution >= 4 is 11.6 Å². The number of nitrogens with one attached hydrogen (secondary N) is 2. The highest BCUT2D eigenvalue weighted by atomic mass is 19.4. The van der Waals surface area contributed by atoms with Gasteiger partial charge >= 0.3 is 6.18 Å². The maximum absolute atomic E-state index is 13.3. The molecule has 8 heteroatoms. The smallest absolute Gasteiger partial charge is 0.418 e. The Bertz CT molecular complexity index is 689. The lowest BCUT2D eigenvalue weighted by molar-refractivity contribution is -0.137. The van der Waals surface area contributed by atoms with E-state index >= 15 is 0 Å². The summed E-state index contributed by atoms with van der Waals surface area (Å²) < 4.78 is 56.5. The molecule has 2 aromatic rings. The zero-order valence-corrected chi connectivity index (χ0v) is 11.7. The zero-order chi connectivity index (χ0) is 16.9. The second-order valence-electron chi connectivity index (χ2n) is 4.44. The van der Waals surface area contributed by atoms with Crippen LogP contribution in [0.1, 0.15) is 5.56 Å². The van der Waals surface area contributed by atoms with Crippen LogP contribution in [-0.4, -0.2) is 12.5 Å². The lowest BCUT2D eigenvalue weighted by Gasteiger charge is -2.15. The number of carbonyl (C=O) groups is 1. The van der Waals surface area contributed by atoms with E-state index in [9.17, 15) is 22.4 Å². The van der Waals surface area contributed by atoms with E-state index in [0.29, 0.717) is 0 Å². The summed E-state index contributed by atoms with van der Waals surface area (Å²) in [6.07, 6.45) is -4.56. The highest BCUT2D eigenvalue weighted by Gasteiger charge is 2.33. The number of carbonyl (C=O) groups excluding carboxylic acids is 1. The van der Waals surface area contributed by atoms with Crippen molar-refractivity contribution < 1.29 is 27.1 Å². The highest BCUT2D eigenvalue weighted by Crippen LogP contribution is 2.34. The van der Waals surface area contributed by atoms with Crippen molar-refractivity contribution in [3.63, 3.8) is 0 Å². The predicted molar refractivity (Wildman–Crippen MR) is 75.1 cm³/mol. The molecule has 0 bridgehead atoms. The zero-order valence-electron chi connectivity index (χ0n) is 11.7. The molecule has 0 aliphatic heterocycles. The standard InChI is InChI=1S/C15H12F4N2O2/c16-11-6-2-4-8-13(11)23-9-14(22)21-20-12-7-3-1-5-10(12)15(17,18)19/h1-8,20H,9H2,(H,21,22). The van der Waals surface area contributed by atoms with Gasteiger partial charge in [-0.05, 0) is 24.3 Å². The van der Waals surface area contributed by atoms with Gasteiger partial charge in [0, 0.05) is 0 Å². The molecule has 122 valence electrons. The summed E-state index contributed by atoms with van der Waals surface area (Å²) in [5.74, 6) is -1.53. The number of rotatable bonds is 5. The Morgan fingerprint density at radius 2 is 1.70 bits per heavy atom. The molecule has 4 nitrogen and oxygen atoms in total. The minimum Gasteiger partial charge on any atom is -0.481 e. The van der Waals surface area contributed by atoms with E-state index in [4.69, 9.17) is 4.74 Å². The molecule has 23 heavy (non-hydrogen) atoms. The number of ether oxygens (including phenoxy) is 1. The third-order valence-electron chi connectivity index (χ3n) is 2.76. The van der Waals surface area contributed by atoms with Crippen LogP contribution >= 0.6 is 0 Å². The Kier molecular flexibility index (Phi) is 5.05. The number of benzene rings is 2. The monoisotopic (exact) mass is 328 g/mol. The van der Waals surface area contributed by atoms with Crippen molar-refractivity contribution in [1.29, 1.82) is 0 Å². The van der Waals surface area contributed by atoms with E-state index in [1.807, 2.05) is 0 Å². The molecular formula is C15H12F4N2O2. The van der Waals surface area contributed by atoms with Crippen molar-refractivity contribution in [2.24, 2.45) is 0 Å². The normalized spacial score (nSPS) is 11.0. The van der Waals surface area contributed by atoms with Gasteiger partial charge in [0.1, 0.15) is 0 Å². The van der Waals surface area contributed by atoms with Crippen LogP contribution < -0.4 is 15.6 Å². The maximum atomic E-state index is 13.3. The molecule has 0 radical (unpaired) electrons. The van der Waals surface area contributed by atoms with Crippen molar-refractivity contribution in [2.75, 3.05) is 12.0 Å². The molecule has 0 heterocycles. The first-order valence-corrected chi connectivity index (χ1v) is 6.46. The Balaban J connectivity index is 1.92. The molecule has 2 rings (SSSR count). The quantitative estimate of drug-likeness (QED) is 0.654. The number of anilines is 1. The summed E-state index contributed by atoms with van der Waals surface area (Å²) in [5, 5.41) is 0. The average Bonchev–Trinajstić information content (AvgIpc) is 2.51. The molecule has 2 aromatic carbocycles. The molecule has 0 spiro atoms. The largest absolute Gasteiger partial charge is 0.481 e. The number of hydrogen-bond donors (Lipinski definition) is 2. The van der Waals surface area contributed by atoms with E-state index in [0.717, 1.165) is 12.1 Å². The summed E-state index contributed by atoms with van der Waals surface area (Å²) >= 11 is 0. The second-order valence-corrected chi connectivity index (χ2v) is 4.44. The fourth-order valence-corrected chi connectivity index (χ4v) is 1.72. The van der Waals surface area contributed by atoms with Gasteiger partial charge in [-0.2, -0.15) is 13.2 Å². The molecule has 0 aliphatic rings. The molecule has 0 fully saturated rings. The molecule has 2 N–H and O–H groups in total. The number of hydrazine groups is 1. The number of para-hydroxylation sites is 2. The SMILES string of the molecule is O=C(COc1ccccc1F)NNc1ccccc1C(F)(F)F. The third kappa shape index (κ3) is 4.60. The Hall–Kier alpha value is -2.77. The van der Waals surface area contributed by atoms with E-state index in [1.165, 1.54) is 36.4 Å². The highest BCUT2D eigenvalue weighted by molar-refractivity contribution is 5.79. The van der Waals surface area contributed by atoms with E-state index in [2.05, 4.69) is 10.9 Å². The minimum atomic E-state index is -4.56. The van der Waals surface area contributed by atoms with Crippen LogP contribution in [-0.2, 0) is 11.0 Å². The first-order chi connectivity index (χ1) is 10.9. The van der Waals surface area contributed by atoms with Crippen molar-refractivity contribution in [2.45, 2.75) is 6.18 Å². The summed E-state index contributed by atoms with van der Waals surface area (Å²) in [4.78, 5) is 11.6. The second kappa shape index (κ2) is 6.99. The van der Waals surface area contributed by atoms with E-state index in [-0.39, 0.29) is 11.4 Å². The fraction of sp³-hybridized carbons (Fsp3) is 0.133. The van der Waals surface area contributed by atoms with Crippen LogP contribution in [0, 0.1) is 5.82 Å². The molecule has 0 atom stereocenters. The van der Waals surface area contributed by atoms with Gasteiger partial charge in [0.05, 0.1) is 11.3 Å². The van der Waals surface area contributed by atoms with Gasteiger partial charge in [-0.3, -0.25) is 15.6 Å². The van der Waals surface area contributed by atoms with E-state index in [1.54, 1.807) is 0 Å². The predicted octanol–water partition coefficient (Wildman–Crippen LogP) is 3.37. The first-order valence-electron chi connectivity index (χ1n) is 6.46. The molecule has 0 unspecified atom stereocenters.